The SMILES string of the molecule is CC/C=C\C/C=C\C/C=C\C/C=C\C/C=C\C/C=C\CCCCCCC(=O)OC(COC(=O)CCCCCCCCCCCCC)COC(=O)CCCCCCCCCCCCCCCC/C=C\C/C=C\C/C=C\CCCCCCC. The Kier molecular flexibility index (Phi) is 65.2. The highest BCUT2D eigenvalue weighted by atomic mass is 16.6. The van der Waals surface area contributed by atoms with Gasteiger partial charge in [0.1, 0.15) is 13.2 Å². The van der Waals surface area contributed by atoms with E-state index < -0.39 is 6.10 Å². The first-order valence-corrected chi connectivity index (χ1v) is 34.4. The van der Waals surface area contributed by atoms with Crippen molar-refractivity contribution in [1.82, 2.24) is 0 Å². The van der Waals surface area contributed by atoms with Gasteiger partial charge < -0.3 is 14.2 Å². The quantitative estimate of drug-likeness (QED) is 0.0261. The van der Waals surface area contributed by atoms with Gasteiger partial charge in [-0.1, -0.05) is 310 Å². The number of unbranched alkanes of at least 4 members (excludes halogenated alkanes) is 33. The maximum Gasteiger partial charge on any atom is 0.306 e. The Labute approximate surface area is 501 Å². The number of rotatable bonds is 62. The minimum absolute atomic E-state index is 0.0866. The zero-order valence-corrected chi connectivity index (χ0v) is 53.3. The zero-order chi connectivity index (χ0) is 58.5. The van der Waals surface area contributed by atoms with Crippen LogP contribution in [0.3, 0.4) is 0 Å². The highest BCUT2D eigenvalue weighted by Gasteiger charge is 2.19. The lowest BCUT2D eigenvalue weighted by molar-refractivity contribution is -0.167. The molecule has 0 heterocycles. The number of ether oxygens (including phenoxy) is 3. The van der Waals surface area contributed by atoms with Crippen molar-refractivity contribution >= 4 is 17.9 Å². The Hall–Kier alpha value is -3.93. The molecule has 1 unspecified atom stereocenters. The molecule has 0 radical (unpaired) electrons. The van der Waals surface area contributed by atoms with E-state index in [9.17, 15) is 14.4 Å². The predicted octanol–water partition coefficient (Wildman–Crippen LogP) is 23.8. The Balaban J connectivity index is 4.28. The van der Waals surface area contributed by atoms with Crippen LogP contribution in [0.4, 0.5) is 0 Å². The Morgan fingerprint density at radius 1 is 0.259 bits per heavy atom. The normalized spacial score (nSPS) is 12.8. The van der Waals surface area contributed by atoms with Crippen LogP contribution in [0.1, 0.15) is 329 Å². The summed E-state index contributed by atoms with van der Waals surface area (Å²) in [5, 5.41) is 0. The second-order valence-electron chi connectivity index (χ2n) is 22.7. The van der Waals surface area contributed by atoms with Crippen molar-refractivity contribution in [2.75, 3.05) is 13.2 Å². The largest absolute Gasteiger partial charge is 0.462 e. The van der Waals surface area contributed by atoms with Crippen molar-refractivity contribution in [3.05, 3.63) is 109 Å². The van der Waals surface area contributed by atoms with Gasteiger partial charge in [-0.25, -0.2) is 0 Å². The summed E-state index contributed by atoms with van der Waals surface area (Å²) in [4.78, 5) is 38.3. The standard InChI is InChI=1S/C75H128O6/c1-4-7-10-13-16-19-22-24-26-28-30-32-34-35-36-37-38-39-41-42-44-46-48-50-53-56-59-62-65-68-74(77)80-71-72(70-79-73(76)67-64-61-58-55-52-21-18-15-12-9-6-3)81-75(78)69-66-63-60-57-54-51-49-47-45-43-40-33-31-29-27-25-23-20-17-14-11-8-5-2/h8,11,17,20,22,24-25,27-28,30-31,33-35,43,45,49,51,72H,4-7,9-10,12-16,18-19,21,23,26,29,32,36-42,44,46-48,50,52-71H2,1-3H3/b11-8-,20-17-,24-22-,27-25-,30-28-,33-31-,35-34-,45-43-,51-49-. The van der Waals surface area contributed by atoms with E-state index in [1.165, 1.54) is 167 Å². The lowest BCUT2D eigenvalue weighted by Gasteiger charge is -2.18. The fourth-order valence-corrected chi connectivity index (χ4v) is 9.63. The fraction of sp³-hybridized carbons (Fsp3) is 0.720. The fourth-order valence-electron chi connectivity index (χ4n) is 9.63. The van der Waals surface area contributed by atoms with Gasteiger partial charge in [-0.15, -0.1) is 0 Å². The molecule has 464 valence electrons. The van der Waals surface area contributed by atoms with Crippen LogP contribution in [-0.4, -0.2) is 37.2 Å². The molecule has 0 N–H and O–H groups in total. The molecule has 0 bridgehead atoms. The summed E-state index contributed by atoms with van der Waals surface area (Å²) in [6.07, 6.45) is 94.0. The number of allylic oxidation sites excluding steroid dienone is 18. The van der Waals surface area contributed by atoms with Crippen LogP contribution in [0.5, 0.6) is 0 Å². The third-order valence-electron chi connectivity index (χ3n) is 14.8. The minimum atomic E-state index is -0.793. The van der Waals surface area contributed by atoms with Gasteiger partial charge in [0.2, 0.25) is 0 Å². The molecule has 0 saturated heterocycles. The number of hydrogen-bond acceptors (Lipinski definition) is 6. The van der Waals surface area contributed by atoms with Crippen LogP contribution in [-0.2, 0) is 28.6 Å². The van der Waals surface area contributed by atoms with Crippen molar-refractivity contribution in [3.8, 4) is 0 Å². The monoisotopic (exact) mass is 1120 g/mol. The molecule has 0 aromatic rings. The minimum Gasteiger partial charge on any atom is -0.462 e. The molecule has 0 aromatic heterocycles. The van der Waals surface area contributed by atoms with Gasteiger partial charge in [0.25, 0.3) is 0 Å². The summed E-state index contributed by atoms with van der Waals surface area (Å²) in [7, 11) is 0. The molecule has 0 aliphatic heterocycles. The van der Waals surface area contributed by atoms with Crippen molar-refractivity contribution in [1.29, 1.82) is 0 Å². The molecular weight excluding hydrogens is 997 g/mol. The maximum atomic E-state index is 12.9. The van der Waals surface area contributed by atoms with Gasteiger partial charge in [0.15, 0.2) is 6.10 Å². The van der Waals surface area contributed by atoms with Crippen LogP contribution in [0.2, 0.25) is 0 Å². The molecular formula is C75H128O6. The first-order valence-electron chi connectivity index (χ1n) is 34.4. The van der Waals surface area contributed by atoms with Crippen LogP contribution < -0.4 is 0 Å². The molecule has 1 atom stereocenters. The lowest BCUT2D eigenvalue weighted by atomic mass is 10.0. The van der Waals surface area contributed by atoms with Gasteiger partial charge in [0, 0.05) is 19.3 Å². The van der Waals surface area contributed by atoms with E-state index in [4.69, 9.17) is 14.2 Å². The van der Waals surface area contributed by atoms with Crippen molar-refractivity contribution in [2.45, 2.75) is 335 Å². The molecule has 0 saturated carbocycles. The second-order valence-corrected chi connectivity index (χ2v) is 22.7. The average molecular weight is 1130 g/mol. The molecule has 81 heavy (non-hydrogen) atoms. The van der Waals surface area contributed by atoms with Crippen molar-refractivity contribution in [3.63, 3.8) is 0 Å². The van der Waals surface area contributed by atoms with Gasteiger partial charge in [-0.05, 0) is 109 Å². The van der Waals surface area contributed by atoms with E-state index in [1.807, 2.05) is 0 Å². The third-order valence-corrected chi connectivity index (χ3v) is 14.8. The molecule has 0 aliphatic carbocycles. The summed E-state index contributed by atoms with van der Waals surface area (Å²) in [6, 6.07) is 0. The Morgan fingerprint density at radius 3 is 0.753 bits per heavy atom. The molecule has 0 aliphatic rings. The van der Waals surface area contributed by atoms with Crippen LogP contribution in [0, 0.1) is 0 Å². The molecule has 0 fully saturated rings. The molecule has 0 rings (SSSR count). The predicted molar refractivity (Wildman–Crippen MR) is 353 cm³/mol. The third kappa shape index (κ3) is 66.8. The summed E-state index contributed by atoms with van der Waals surface area (Å²) in [5.41, 5.74) is 0. The van der Waals surface area contributed by atoms with Gasteiger partial charge in [-0.3, -0.25) is 14.4 Å². The summed E-state index contributed by atoms with van der Waals surface area (Å²) >= 11 is 0. The van der Waals surface area contributed by atoms with Gasteiger partial charge >= 0.3 is 17.9 Å². The van der Waals surface area contributed by atoms with Crippen molar-refractivity contribution < 1.29 is 28.6 Å². The van der Waals surface area contributed by atoms with Crippen LogP contribution in [0.25, 0.3) is 0 Å². The first kappa shape index (κ1) is 77.1. The molecule has 0 aromatic carbocycles. The van der Waals surface area contributed by atoms with E-state index >= 15 is 0 Å². The van der Waals surface area contributed by atoms with E-state index in [1.54, 1.807) is 0 Å². The Morgan fingerprint density at radius 2 is 0.481 bits per heavy atom. The smallest absolute Gasteiger partial charge is 0.306 e. The number of carbonyl (C=O) groups is 3. The highest BCUT2D eigenvalue weighted by molar-refractivity contribution is 5.71. The topological polar surface area (TPSA) is 78.9 Å². The summed E-state index contributed by atoms with van der Waals surface area (Å²) < 4.78 is 16.9. The number of esters is 3. The van der Waals surface area contributed by atoms with E-state index in [0.717, 1.165) is 122 Å². The summed E-state index contributed by atoms with van der Waals surface area (Å²) in [6.45, 7) is 6.51. The van der Waals surface area contributed by atoms with E-state index in [0.29, 0.717) is 19.3 Å². The lowest BCUT2D eigenvalue weighted by Crippen LogP contribution is -2.30. The van der Waals surface area contributed by atoms with Gasteiger partial charge in [0.05, 0.1) is 0 Å². The molecule has 6 heteroatoms. The summed E-state index contributed by atoms with van der Waals surface area (Å²) in [5.74, 6) is -0.902. The van der Waals surface area contributed by atoms with E-state index in [-0.39, 0.29) is 31.1 Å². The van der Waals surface area contributed by atoms with Crippen LogP contribution in [0.15, 0.2) is 109 Å². The van der Waals surface area contributed by atoms with E-state index in [2.05, 4.69) is 130 Å². The highest BCUT2D eigenvalue weighted by Crippen LogP contribution is 2.17. The second kappa shape index (κ2) is 68.6. The number of hydrogen-bond donors (Lipinski definition) is 0. The number of carbonyl (C=O) groups excluding carboxylic acids is 3. The van der Waals surface area contributed by atoms with Crippen molar-refractivity contribution in [2.24, 2.45) is 0 Å². The Bertz CT molecular complexity index is 1620. The molecule has 0 spiro atoms. The average Bonchev–Trinajstić information content (AvgIpc) is 3.47. The first-order chi connectivity index (χ1) is 40.0. The maximum absolute atomic E-state index is 12.9. The zero-order valence-electron chi connectivity index (χ0n) is 53.3. The molecule has 6 nitrogen and oxygen atoms in total. The van der Waals surface area contributed by atoms with Gasteiger partial charge in [-0.2, -0.15) is 0 Å². The van der Waals surface area contributed by atoms with Crippen LogP contribution >= 0.6 is 0 Å². The molecule has 0 amide bonds.